The molecule has 78 valence electrons. The first-order valence-corrected chi connectivity index (χ1v) is 5.38. The number of nitrogens with two attached hydrogens (primary N) is 1. The fourth-order valence-electron chi connectivity index (χ4n) is 2.24. The summed E-state index contributed by atoms with van der Waals surface area (Å²) in [5.74, 6) is 0. The van der Waals surface area contributed by atoms with Crippen LogP contribution in [0.4, 0.5) is 11.4 Å². The van der Waals surface area contributed by atoms with Crippen LogP contribution in [0.3, 0.4) is 0 Å². The van der Waals surface area contributed by atoms with Gasteiger partial charge in [0.05, 0.1) is 6.54 Å². The lowest BCUT2D eigenvalue weighted by molar-refractivity contribution is -0.473. The lowest BCUT2D eigenvalue weighted by atomic mass is 10.0. The van der Waals surface area contributed by atoms with E-state index in [2.05, 4.69) is 59.5 Å². The van der Waals surface area contributed by atoms with Crippen molar-refractivity contribution in [1.29, 1.82) is 0 Å². The highest BCUT2D eigenvalue weighted by Gasteiger charge is 2.22. The molecule has 0 saturated carbocycles. The first kappa shape index (κ1) is 9.31. The Kier molecular flexibility index (Phi) is 2.08. The van der Waals surface area contributed by atoms with Crippen LogP contribution < -0.4 is 5.32 Å². The van der Waals surface area contributed by atoms with E-state index < -0.39 is 0 Å². The molecule has 2 heteroatoms. The summed E-state index contributed by atoms with van der Waals surface area (Å²) in [5, 5.41) is 2.23. The molecule has 0 fully saturated rings. The highest BCUT2D eigenvalue weighted by atomic mass is 14.9. The van der Waals surface area contributed by atoms with E-state index >= 15 is 0 Å². The number of rotatable bonds is 2. The van der Waals surface area contributed by atoms with E-state index in [-0.39, 0.29) is 0 Å². The first-order chi connectivity index (χ1) is 7.88. The van der Waals surface area contributed by atoms with Crippen molar-refractivity contribution in [2.24, 2.45) is 4.99 Å². The van der Waals surface area contributed by atoms with E-state index in [1.54, 1.807) is 0 Å². The van der Waals surface area contributed by atoms with Gasteiger partial charge in [0.15, 0.2) is 0 Å². The third kappa shape index (κ3) is 1.35. The lowest BCUT2D eigenvalue weighted by Gasteiger charge is -1.98. The number of hydrogen-bond acceptors (Lipinski definition) is 1. The smallest absolute Gasteiger partial charge is 0.143 e. The molecule has 3 rings (SSSR count). The second-order valence-electron chi connectivity index (χ2n) is 4.03. The molecule has 0 atom stereocenters. The zero-order chi connectivity index (χ0) is 11.0. The molecule has 2 aromatic rings. The van der Waals surface area contributed by atoms with Crippen molar-refractivity contribution in [3.8, 4) is 11.1 Å². The standard InChI is InChI=1S/C14H12N2/c1-15-9-10-6-7-12-11-4-2-3-5-13(11)16-14(12)8-10/h2-8,16H,1,9H2/p+1. The molecule has 1 heterocycles. The van der Waals surface area contributed by atoms with Crippen LogP contribution in [0, 0.1) is 0 Å². The van der Waals surface area contributed by atoms with Gasteiger partial charge in [-0.2, -0.15) is 0 Å². The van der Waals surface area contributed by atoms with E-state index in [1.165, 1.54) is 28.1 Å². The molecule has 2 aromatic carbocycles. The third-order valence-electron chi connectivity index (χ3n) is 2.97. The van der Waals surface area contributed by atoms with Gasteiger partial charge in [-0.05, 0) is 24.4 Å². The fraction of sp³-hybridized carbons (Fsp3) is 0.0714. The van der Waals surface area contributed by atoms with Crippen molar-refractivity contribution >= 4 is 18.1 Å². The van der Waals surface area contributed by atoms with Crippen LogP contribution in [0.2, 0.25) is 0 Å². The van der Waals surface area contributed by atoms with Gasteiger partial charge in [0, 0.05) is 23.3 Å². The minimum Gasteiger partial charge on any atom is -0.296 e. The van der Waals surface area contributed by atoms with Crippen molar-refractivity contribution in [2.75, 3.05) is 0 Å². The van der Waals surface area contributed by atoms with E-state index in [4.69, 9.17) is 0 Å². The van der Waals surface area contributed by atoms with Crippen molar-refractivity contribution in [1.82, 2.24) is 0 Å². The fourth-order valence-corrected chi connectivity index (χ4v) is 2.24. The Morgan fingerprint density at radius 2 is 1.81 bits per heavy atom. The molecule has 1 aliphatic heterocycles. The van der Waals surface area contributed by atoms with E-state index in [0.717, 1.165) is 0 Å². The Labute approximate surface area is 94.7 Å². The second-order valence-corrected chi connectivity index (χ2v) is 4.03. The zero-order valence-electron chi connectivity index (χ0n) is 8.98. The zero-order valence-corrected chi connectivity index (χ0v) is 8.98. The van der Waals surface area contributed by atoms with Gasteiger partial charge >= 0.3 is 0 Å². The monoisotopic (exact) mass is 209 g/mol. The maximum Gasteiger partial charge on any atom is 0.143 e. The molecule has 0 spiro atoms. The van der Waals surface area contributed by atoms with Crippen LogP contribution in [0.15, 0.2) is 47.5 Å². The molecule has 0 saturated heterocycles. The number of fused-ring (bicyclic) bond motifs is 3. The summed E-state index contributed by atoms with van der Waals surface area (Å²) in [6.45, 7) is 4.22. The summed E-state index contributed by atoms with van der Waals surface area (Å²) in [7, 11) is 0. The van der Waals surface area contributed by atoms with Gasteiger partial charge in [0.2, 0.25) is 0 Å². The van der Waals surface area contributed by atoms with Gasteiger partial charge in [0.1, 0.15) is 11.4 Å². The van der Waals surface area contributed by atoms with Crippen LogP contribution in [-0.4, -0.2) is 6.72 Å². The number of benzene rings is 2. The number of para-hydroxylation sites is 1. The van der Waals surface area contributed by atoms with Crippen LogP contribution >= 0.6 is 0 Å². The van der Waals surface area contributed by atoms with Crippen LogP contribution in [0.1, 0.15) is 5.56 Å². The quantitative estimate of drug-likeness (QED) is 0.496. The average Bonchev–Trinajstić information content (AvgIpc) is 2.67. The molecule has 2 nitrogen and oxygen atoms in total. The number of aliphatic imine (C=N–C) groups is 1. The maximum atomic E-state index is 3.92. The maximum absolute atomic E-state index is 3.92. The lowest BCUT2D eigenvalue weighted by Crippen LogP contribution is -2.69. The summed E-state index contributed by atoms with van der Waals surface area (Å²) >= 11 is 0. The Morgan fingerprint density at radius 1 is 1.00 bits per heavy atom. The van der Waals surface area contributed by atoms with Crippen LogP contribution in [0.25, 0.3) is 11.1 Å². The molecule has 0 unspecified atom stereocenters. The number of quaternary nitrogens is 1. The molecule has 2 N–H and O–H groups in total. The topological polar surface area (TPSA) is 29.0 Å². The predicted octanol–water partition coefficient (Wildman–Crippen LogP) is 2.39. The van der Waals surface area contributed by atoms with Crippen LogP contribution in [-0.2, 0) is 6.54 Å². The molecule has 0 amide bonds. The largest absolute Gasteiger partial charge is 0.296 e. The van der Waals surface area contributed by atoms with E-state index in [0.29, 0.717) is 6.54 Å². The molecule has 0 aliphatic carbocycles. The molecule has 0 bridgehead atoms. The predicted molar refractivity (Wildman–Crippen MR) is 66.4 cm³/mol. The van der Waals surface area contributed by atoms with Crippen LogP contribution in [0.5, 0.6) is 0 Å². The minimum absolute atomic E-state index is 0.692. The molecule has 1 aliphatic rings. The molecule has 0 aromatic heterocycles. The highest BCUT2D eigenvalue weighted by Crippen LogP contribution is 2.35. The van der Waals surface area contributed by atoms with Crippen molar-refractivity contribution in [2.45, 2.75) is 6.54 Å². The van der Waals surface area contributed by atoms with Crippen molar-refractivity contribution in [3.05, 3.63) is 48.0 Å². The SMILES string of the molecule is C=NCc1ccc2c(c1)[NH2+]c1ccccc1-2. The summed E-state index contributed by atoms with van der Waals surface area (Å²) in [6, 6.07) is 15.0. The Morgan fingerprint density at radius 3 is 2.69 bits per heavy atom. The molecule has 0 radical (unpaired) electrons. The highest BCUT2D eigenvalue weighted by molar-refractivity contribution is 5.84. The van der Waals surface area contributed by atoms with Gasteiger partial charge in [-0.1, -0.05) is 18.2 Å². The Hall–Kier alpha value is -1.93. The third-order valence-corrected chi connectivity index (χ3v) is 2.97. The molecular formula is C14H13N2+. The van der Waals surface area contributed by atoms with Gasteiger partial charge in [-0.3, -0.25) is 10.3 Å². The summed E-state index contributed by atoms with van der Waals surface area (Å²) in [6.07, 6.45) is 0. The average molecular weight is 209 g/mol. The molecular weight excluding hydrogens is 196 g/mol. The van der Waals surface area contributed by atoms with Gasteiger partial charge in [-0.25, -0.2) is 0 Å². The normalized spacial score (nSPS) is 12.0. The Balaban J connectivity index is 2.10. The second kappa shape index (κ2) is 3.58. The molecule has 16 heavy (non-hydrogen) atoms. The van der Waals surface area contributed by atoms with Gasteiger partial charge in [0.25, 0.3) is 0 Å². The summed E-state index contributed by atoms with van der Waals surface area (Å²) in [5.41, 5.74) is 6.47. The first-order valence-electron chi connectivity index (χ1n) is 5.38. The number of nitrogens with zero attached hydrogens (tertiary/aromatic N) is 1. The van der Waals surface area contributed by atoms with Gasteiger partial charge < -0.3 is 0 Å². The van der Waals surface area contributed by atoms with E-state index in [1.807, 2.05) is 0 Å². The van der Waals surface area contributed by atoms with Crippen molar-refractivity contribution < 1.29 is 5.32 Å². The summed E-state index contributed by atoms with van der Waals surface area (Å²) in [4.78, 5) is 3.92. The Bertz CT molecular complexity index is 558. The van der Waals surface area contributed by atoms with Gasteiger partial charge in [-0.15, -0.1) is 0 Å². The minimum atomic E-state index is 0.692. The van der Waals surface area contributed by atoms with Crippen molar-refractivity contribution in [3.63, 3.8) is 0 Å². The summed E-state index contributed by atoms with van der Waals surface area (Å²) < 4.78 is 0. The number of hydrogen-bond donors (Lipinski definition) is 1. The van der Waals surface area contributed by atoms with E-state index in [9.17, 15) is 0 Å².